The molecule has 21 heavy (non-hydrogen) atoms. The highest BCUT2D eigenvalue weighted by atomic mass is 15.4. The van der Waals surface area contributed by atoms with E-state index in [1.807, 2.05) is 4.90 Å². The molecule has 0 unspecified atom stereocenters. The lowest BCUT2D eigenvalue weighted by atomic mass is 10.2. The minimum Gasteiger partial charge on any atom is -0.343 e. The maximum Gasteiger partial charge on any atom is 0.243 e. The molecule has 5 N–H and O–H groups in total. The molecule has 0 amide bonds. The largest absolute Gasteiger partial charge is 0.343 e. The van der Waals surface area contributed by atoms with Crippen molar-refractivity contribution in [2.45, 2.75) is 65.2 Å². The third-order valence-corrected chi connectivity index (χ3v) is 3.27. The zero-order valence-electron chi connectivity index (χ0n) is 13.5. The smallest absolute Gasteiger partial charge is 0.243 e. The Balaban J connectivity index is 4.25. The van der Waals surface area contributed by atoms with Gasteiger partial charge in [0.05, 0.1) is 0 Å². The Morgan fingerprint density at radius 1 is 0.952 bits per heavy atom. The van der Waals surface area contributed by atoms with Gasteiger partial charge in [-0.3, -0.25) is 16.1 Å². The lowest BCUT2D eigenvalue weighted by molar-refractivity contribution is 0.377. The summed E-state index contributed by atoms with van der Waals surface area (Å²) in [4.78, 5) is 1.98. The van der Waals surface area contributed by atoms with Crippen molar-refractivity contribution in [1.29, 1.82) is 10.8 Å². The molecule has 0 aliphatic rings. The minimum absolute atomic E-state index is 0.199. The molecule has 0 atom stereocenters. The van der Waals surface area contributed by atoms with Crippen LogP contribution in [0, 0.1) is 10.8 Å². The highest BCUT2D eigenvalue weighted by molar-refractivity contribution is 5.95. The van der Waals surface area contributed by atoms with Crippen LogP contribution in [0.3, 0.4) is 0 Å². The van der Waals surface area contributed by atoms with Crippen molar-refractivity contribution in [3.8, 4) is 0 Å². The zero-order valence-corrected chi connectivity index (χ0v) is 13.5. The van der Waals surface area contributed by atoms with E-state index in [1.54, 1.807) is 0 Å². The van der Waals surface area contributed by atoms with Gasteiger partial charge in [-0.05, 0) is 12.8 Å². The standard InChI is InChI=1S/C14H31N7/c1-3-5-7-9-11-21(12-10-8-6-4-2)14(16)18-13(15)19-20-17/h3-12H2,1-2H3,(H5,15,16,17,18,19). The van der Waals surface area contributed by atoms with Crippen LogP contribution in [0.15, 0.2) is 10.3 Å². The van der Waals surface area contributed by atoms with Crippen molar-refractivity contribution >= 4 is 11.9 Å². The summed E-state index contributed by atoms with van der Waals surface area (Å²) in [5, 5.41) is 24.6. The molecule has 0 aliphatic heterocycles. The van der Waals surface area contributed by atoms with Crippen LogP contribution in [-0.4, -0.2) is 29.9 Å². The van der Waals surface area contributed by atoms with Crippen LogP contribution in [0.2, 0.25) is 0 Å². The summed E-state index contributed by atoms with van der Waals surface area (Å²) in [5.74, 6) is 4.91. The summed E-state index contributed by atoms with van der Waals surface area (Å²) in [5.41, 5.74) is 0. The summed E-state index contributed by atoms with van der Waals surface area (Å²) in [7, 11) is 0. The van der Waals surface area contributed by atoms with Crippen LogP contribution in [0.5, 0.6) is 0 Å². The van der Waals surface area contributed by atoms with Gasteiger partial charge in [-0.25, -0.2) is 0 Å². The fourth-order valence-corrected chi connectivity index (χ4v) is 2.07. The monoisotopic (exact) mass is 297 g/mol. The van der Waals surface area contributed by atoms with E-state index in [9.17, 15) is 0 Å². The van der Waals surface area contributed by atoms with Crippen LogP contribution in [-0.2, 0) is 0 Å². The van der Waals surface area contributed by atoms with E-state index in [1.165, 1.54) is 38.5 Å². The molecule has 122 valence electrons. The van der Waals surface area contributed by atoms with E-state index in [-0.39, 0.29) is 11.9 Å². The van der Waals surface area contributed by atoms with Crippen molar-refractivity contribution < 1.29 is 0 Å². The predicted octanol–water partition coefficient (Wildman–Crippen LogP) is 3.23. The molecule has 0 bridgehead atoms. The molecule has 0 aromatic heterocycles. The van der Waals surface area contributed by atoms with E-state index in [0.29, 0.717) is 0 Å². The quantitative estimate of drug-likeness (QED) is 0.124. The molecule has 0 aliphatic carbocycles. The maximum atomic E-state index is 8.05. The summed E-state index contributed by atoms with van der Waals surface area (Å²) < 4.78 is 0. The van der Waals surface area contributed by atoms with Crippen molar-refractivity contribution in [2.75, 3.05) is 13.1 Å². The Bertz CT molecular complexity index is 302. The van der Waals surface area contributed by atoms with Gasteiger partial charge in [0.25, 0.3) is 0 Å². The number of unbranched alkanes of at least 4 members (excludes halogenated alkanes) is 6. The van der Waals surface area contributed by atoms with Gasteiger partial charge in [0, 0.05) is 13.1 Å². The van der Waals surface area contributed by atoms with Crippen LogP contribution >= 0.6 is 0 Å². The lowest BCUT2D eigenvalue weighted by Gasteiger charge is -2.25. The SMILES string of the molecule is CCCCCCN(CCCCCC)C(=N)NC(=N)N=NN. The van der Waals surface area contributed by atoms with Gasteiger partial charge in [0.1, 0.15) is 0 Å². The molecule has 0 fully saturated rings. The molecule has 0 rings (SSSR count). The Labute approximate surface area is 128 Å². The second-order valence-corrected chi connectivity index (χ2v) is 5.15. The van der Waals surface area contributed by atoms with Gasteiger partial charge >= 0.3 is 0 Å². The third kappa shape index (κ3) is 10.8. The molecule has 0 heterocycles. The summed E-state index contributed by atoms with van der Waals surface area (Å²) >= 11 is 0. The van der Waals surface area contributed by atoms with Crippen LogP contribution in [0.4, 0.5) is 0 Å². The van der Waals surface area contributed by atoms with E-state index in [2.05, 4.69) is 29.5 Å². The first-order valence-corrected chi connectivity index (χ1v) is 7.95. The number of guanidine groups is 2. The zero-order chi connectivity index (χ0) is 15.9. The molecule has 0 saturated carbocycles. The first kappa shape index (κ1) is 19.3. The van der Waals surface area contributed by atoms with E-state index >= 15 is 0 Å². The van der Waals surface area contributed by atoms with Gasteiger partial charge in [-0.2, -0.15) is 0 Å². The molecular weight excluding hydrogens is 266 g/mol. The highest BCUT2D eigenvalue weighted by Gasteiger charge is 2.10. The molecule has 0 spiro atoms. The Kier molecular flexibility index (Phi) is 12.3. The summed E-state index contributed by atoms with van der Waals surface area (Å²) in [6.45, 7) is 6.05. The van der Waals surface area contributed by atoms with Gasteiger partial charge in [-0.15, -0.1) is 0 Å². The van der Waals surface area contributed by atoms with Crippen molar-refractivity contribution in [3.05, 3.63) is 0 Å². The van der Waals surface area contributed by atoms with Crippen molar-refractivity contribution in [2.24, 2.45) is 16.2 Å². The van der Waals surface area contributed by atoms with Gasteiger partial charge in [0.2, 0.25) is 5.96 Å². The number of rotatable bonds is 10. The second-order valence-electron chi connectivity index (χ2n) is 5.15. The maximum absolute atomic E-state index is 8.05. The fourth-order valence-electron chi connectivity index (χ4n) is 2.07. The van der Waals surface area contributed by atoms with Crippen molar-refractivity contribution in [1.82, 2.24) is 10.2 Å². The highest BCUT2D eigenvalue weighted by Crippen LogP contribution is 2.05. The molecule has 7 heteroatoms. The van der Waals surface area contributed by atoms with Crippen LogP contribution in [0.25, 0.3) is 0 Å². The van der Waals surface area contributed by atoms with E-state index < -0.39 is 0 Å². The average molecular weight is 297 g/mol. The van der Waals surface area contributed by atoms with Crippen molar-refractivity contribution in [3.63, 3.8) is 0 Å². The van der Waals surface area contributed by atoms with Crippen LogP contribution in [0.1, 0.15) is 65.2 Å². The fraction of sp³-hybridized carbons (Fsp3) is 0.857. The van der Waals surface area contributed by atoms with E-state index in [0.717, 1.165) is 25.9 Å². The Hall–Kier alpha value is -1.66. The number of hydrogen-bond acceptors (Lipinski definition) is 3. The number of nitrogens with zero attached hydrogens (tertiary/aromatic N) is 3. The molecule has 0 radical (unpaired) electrons. The van der Waals surface area contributed by atoms with Crippen LogP contribution < -0.4 is 11.2 Å². The predicted molar refractivity (Wildman–Crippen MR) is 87.5 cm³/mol. The topological polar surface area (TPSA) is 114 Å². The molecule has 0 saturated heterocycles. The number of hydrogen-bond donors (Lipinski definition) is 4. The number of nitrogens with two attached hydrogens (primary N) is 1. The molecule has 7 nitrogen and oxygen atoms in total. The van der Waals surface area contributed by atoms with Gasteiger partial charge in [-0.1, -0.05) is 62.7 Å². The lowest BCUT2D eigenvalue weighted by Crippen LogP contribution is -2.43. The first-order chi connectivity index (χ1) is 10.2. The molecular formula is C14H31N7. The van der Waals surface area contributed by atoms with Gasteiger partial charge < -0.3 is 10.7 Å². The summed E-state index contributed by atoms with van der Waals surface area (Å²) in [6.07, 6.45) is 9.34. The van der Waals surface area contributed by atoms with E-state index in [4.69, 9.17) is 16.7 Å². The first-order valence-electron chi connectivity index (χ1n) is 7.95. The second kappa shape index (κ2) is 13.3. The average Bonchev–Trinajstić information content (AvgIpc) is 2.45. The normalized spacial score (nSPS) is 10.8. The Morgan fingerprint density at radius 3 is 1.90 bits per heavy atom. The van der Waals surface area contributed by atoms with Gasteiger partial charge in [0.15, 0.2) is 5.96 Å². The minimum atomic E-state index is -0.199. The Morgan fingerprint density at radius 2 is 1.48 bits per heavy atom. The third-order valence-electron chi connectivity index (χ3n) is 3.27. The number of nitrogens with one attached hydrogen (secondary N) is 3. The molecule has 0 aromatic rings. The summed E-state index contributed by atoms with van der Waals surface area (Å²) in [6, 6.07) is 0. The molecule has 0 aromatic carbocycles.